The molecule has 86 valence electrons. The van der Waals surface area contributed by atoms with Crippen molar-refractivity contribution in [2.75, 3.05) is 19.6 Å². The molecule has 0 saturated carbocycles. The normalized spacial score (nSPS) is 18.9. The van der Waals surface area contributed by atoms with E-state index in [1.54, 1.807) is 4.90 Å². The van der Waals surface area contributed by atoms with Gasteiger partial charge in [-0.1, -0.05) is 13.8 Å². The first-order valence-corrected chi connectivity index (χ1v) is 5.30. The number of carbonyl (C=O) groups is 2. The van der Waals surface area contributed by atoms with Crippen LogP contribution in [0.15, 0.2) is 0 Å². The lowest BCUT2D eigenvalue weighted by atomic mass is 10.0. The van der Waals surface area contributed by atoms with Crippen LogP contribution in [0.4, 0.5) is 0 Å². The zero-order chi connectivity index (χ0) is 11.4. The Morgan fingerprint density at radius 2 is 2.27 bits per heavy atom. The van der Waals surface area contributed by atoms with Gasteiger partial charge >= 0.3 is 0 Å². The monoisotopic (exact) mass is 213 g/mol. The molecule has 0 aromatic rings. The van der Waals surface area contributed by atoms with Gasteiger partial charge in [-0.25, -0.2) is 0 Å². The van der Waals surface area contributed by atoms with Crippen LogP contribution in [0.5, 0.6) is 0 Å². The lowest BCUT2D eigenvalue weighted by Gasteiger charge is -2.28. The van der Waals surface area contributed by atoms with Gasteiger partial charge in [0, 0.05) is 25.6 Å². The summed E-state index contributed by atoms with van der Waals surface area (Å²) < 4.78 is 0. The molecule has 3 N–H and O–H groups in total. The van der Waals surface area contributed by atoms with Crippen molar-refractivity contribution < 1.29 is 9.59 Å². The van der Waals surface area contributed by atoms with E-state index in [1.807, 2.05) is 13.8 Å². The molecule has 1 atom stereocenters. The Morgan fingerprint density at radius 1 is 1.60 bits per heavy atom. The van der Waals surface area contributed by atoms with E-state index in [1.165, 1.54) is 0 Å². The minimum atomic E-state index is -0.123. The van der Waals surface area contributed by atoms with Crippen molar-refractivity contribution in [1.82, 2.24) is 10.2 Å². The SMILES string of the molecule is CC(C)C(N)CC(=O)N1CCNC(=O)C1. The maximum atomic E-state index is 11.7. The van der Waals surface area contributed by atoms with Gasteiger partial charge in [-0.3, -0.25) is 9.59 Å². The van der Waals surface area contributed by atoms with Crippen molar-refractivity contribution >= 4 is 11.8 Å². The standard InChI is InChI=1S/C10H19N3O2/c1-7(2)8(11)5-10(15)13-4-3-12-9(14)6-13/h7-8H,3-6,11H2,1-2H3,(H,12,14). The number of carbonyl (C=O) groups excluding carboxylic acids is 2. The van der Waals surface area contributed by atoms with Crippen LogP contribution in [0.2, 0.25) is 0 Å². The molecule has 0 aliphatic carbocycles. The lowest BCUT2D eigenvalue weighted by Crippen LogP contribution is -2.51. The smallest absolute Gasteiger partial charge is 0.239 e. The van der Waals surface area contributed by atoms with Crippen LogP contribution in [-0.4, -0.2) is 42.4 Å². The van der Waals surface area contributed by atoms with Gasteiger partial charge in [0.2, 0.25) is 11.8 Å². The van der Waals surface area contributed by atoms with Crippen LogP contribution in [0, 0.1) is 5.92 Å². The quantitative estimate of drug-likeness (QED) is 0.652. The Balaban J connectivity index is 2.42. The summed E-state index contributed by atoms with van der Waals surface area (Å²) in [5.41, 5.74) is 5.81. The van der Waals surface area contributed by atoms with Crippen molar-refractivity contribution in [2.45, 2.75) is 26.3 Å². The molecule has 1 heterocycles. The van der Waals surface area contributed by atoms with Gasteiger partial charge in [0.25, 0.3) is 0 Å². The van der Waals surface area contributed by atoms with Crippen molar-refractivity contribution in [1.29, 1.82) is 0 Å². The molecule has 2 amide bonds. The summed E-state index contributed by atoms with van der Waals surface area (Å²) in [7, 11) is 0. The Bertz CT molecular complexity index is 253. The first kappa shape index (κ1) is 12.0. The Kier molecular flexibility index (Phi) is 4.08. The molecule has 0 aromatic carbocycles. The van der Waals surface area contributed by atoms with Gasteiger partial charge in [0.05, 0.1) is 6.54 Å². The Hall–Kier alpha value is -1.10. The van der Waals surface area contributed by atoms with E-state index in [2.05, 4.69) is 5.32 Å². The summed E-state index contributed by atoms with van der Waals surface area (Å²) in [4.78, 5) is 24.4. The summed E-state index contributed by atoms with van der Waals surface area (Å²) in [6, 6.07) is -0.123. The third kappa shape index (κ3) is 3.51. The van der Waals surface area contributed by atoms with Crippen LogP contribution >= 0.6 is 0 Å². The van der Waals surface area contributed by atoms with E-state index >= 15 is 0 Å². The molecule has 0 aromatic heterocycles. The molecule has 1 rings (SSSR count). The van der Waals surface area contributed by atoms with E-state index in [9.17, 15) is 9.59 Å². The highest BCUT2D eigenvalue weighted by atomic mass is 16.2. The molecule has 1 saturated heterocycles. The minimum absolute atomic E-state index is 0.0222. The average molecular weight is 213 g/mol. The summed E-state index contributed by atoms with van der Waals surface area (Å²) in [6.45, 7) is 5.28. The number of rotatable bonds is 3. The number of hydrogen-bond donors (Lipinski definition) is 2. The third-order valence-electron chi connectivity index (χ3n) is 2.66. The molecule has 1 fully saturated rings. The summed E-state index contributed by atoms with van der Waals surface area (Å²) >= 11 is 0. The molecular weight excluding hydrogens is 194 g/mol. The van der Waals surface area contributed by atoms with E-state index in [0.29, 0.717) is 19.5 Å². The lowest BCUT2D eigenvalue weighted by molar-refractivity contribution is -0.138. The van der Waals surface area contributed by atoms with Crippen LogP contribution in [0.3, 0.4) is 0 Å². The highest BCUT2D eigenvalue weighted by Crippen LogP contribution is 2.06. The second-order valence-electron chi connectivity index (χ2n) is 4.28. The van der Waals surface area contributed by atoms with E-state index < -0.39 is 0 Å². The maximum absolute atomic E-state index is 11.7. The third-order valence-corrected chi connectivity index (χ3v) is 2.66. The molecule has 0 radical (unpaired) electrons. The van der Waals surface area contributed by atoms with Crippen LogP contribution in [0.1, 0.15) is 20.3 Å². The highest BCUT2D eigenvalue weighted by molar-refractivity contribution is 5.86. The molecule has 5 heteroatoms. The number of amides is 2. The Labute approximate surface area is 90.0 Å². The van der Waals surface area contributed by atoms with Crippen molar-refractivity contribution in [3.05, 3.63) is 0 Å². The molecule has 1 aliphatic heterocycles. The van der Waals surface area contributed by atoms with Crippen LogP contribution in [0.25, 0.3) is 0 Å². The topological polar surface area (TPSA) is 75.4 Å². The number of nitrogens with two attached hydrogens (primary N) is 1. The summed E-state index contributed by atoms with van der Waals surface area (Å²) in [5.74, 6) is 0.173. The summed E-state index contributed by atoms with van der Waals surface area (Å²) in [5, 5.41) is 2.68. The predicted octanol–water partition coefficient (Wildman–Crippen LogP) is -0.682. The molecule has 1 unspecified atom stereocenters. The number of piperazine rings is 1. The molecule has 0 bridgehead atoms. The van der Waals surface area contributed by atoms with Crippen LogP contribution in [-0.2, 0) is 9.59 Å². The van der Waals surface area contributed by atoms with Gasteiger partial charge in [-0.15, -0.1) is 0 Å². The van der Waals surface area contributed by atoms with Gasteiger partial charge < -0.3 is 16.0 Å². The van der Waals surface area contributed by atoms with Gasteiger partial charge in [0.15, 0.2) is 0 Å². The van der Waals surface area contributed by atoms with E-state index in [4.69, 9.17) is 5.73 Å². The molecule has 15 heavy (non-hydrogen) atoms. The van der Waals surface area contributed by atoms with Crippen molar-refractivity contribution in [3.63, 3.8) is 0 Å². The molecule has 5 nitrogen and oxygen atoms in total. The molecule has 0 spiro atoms. The fourth-order valence-electron chi connectivity index (χ4n) is 1.42. The zero-order valence-corrected chi connectivity index (χ0v) is 9.32. The largest absolute Gasteiger partial charge is 0.353 e. The number of nitrogens with one attached hydrogen (secondary N) is 1. The van der Waals surface area contributed by atoms with Gasteiger partial charge in [-0.2, -0.15) is 0 Å². The van der Waals surface area contributed by atoms with E-state index in [0.717, 1.165) is 0 Å². The van der Waals surface area contributed by atoms with Crippen LogP contribution < -0.4 is 11.1 Å². The summed E-state index contributed by atoms with van der Waals surface area (Å²) in [6.07, 6.45) is 0.324. The Morgan fingerprint density at radius 3 is 2.80 bits per heavy atom. The highest BCUT2D eigenvalue weighted by Gasteiger charge is 2.23. The molecular formula is C10H19N3O2. The van der Waals surface area contributed by atoms with Crippen molar-refractivity contribution in [3.8, 4) is 0 Å². The maximum Gasteiger partial charge on any atom is 0.239 e. The average Bonchev–Trinajstić information content (AvgIpc) is 2.17. The predicted molar refractivity (Wildman–Crippen MR) is 57.0 cm³/mol. The minimum Gasteiger partial charge on any atom is -0.353 e. The van der Waals surface area contributed by atoms with Gasteiger partial charge in [0.1, 0.15) is 0 Å². The fraction of sp³-hybridized carbons (Fsp3) is 0.800. The first-order chi connectivity index (χ1) is 7.00. The van der Waals surface area contributed by atoms with E-state index in [-0.39, 0.29) is 30.3 Å². The number of nitrogens with zero attached hydrogens (tertiary/aromatic N) is 1. The number of hydrogen-bond acceptors (Lipinski definition) is 3. The van der Waals surface area contributed by atoms with Crippen molar-refractivity contribution in [2.24, 2.45) is 11.7 Å². The zero-order valence-electron chi connectivity index (χ0n) is 9.32. The molecule has 1 aliphatic rings. The first-order valence-electron chi connectivity index (χ1n) is 5.30. The van der Waals surface area contributed by atoms with Gasteiger partial charge in [-0.05, 0) is 5.92 Å². The second-order valence-corrected chi connectivity index (χ2v) is 4.28. The second kappa shape index (κ2) is 5.11. The fourth-order valence-corrected chi connectivity index (χ4v) is 1.42.